The van der Waals surface area contributed by atoms with Gasteiger partial charge in [-0.25, -0.2) is 0 Å². The summed E-state index contributed by atoms with van der Waals surface area (Å²) in [5, 5.41) is 10.3. The number of fused-ring (bicyclic) bond motifs is 7. The van der Waals surface area contributed by atoms with Gasteiger partial charge < -0.3 is 9.84 Å². The molecule has 5 rings (SSSR count). The Kier molecular flexibility index (Phi) is 5.20. The Labute approximate surface area is 209 Å². The van der Waals surface area contributed by atoms with Gasteiger partial charge in [-0.2, -0.15) is 0 Å². The van der Waals surface area contributed by atoms with Crippen molar-refractivity contribution in [3.8, 4) is 0 Å². The minimum Gasteiger partial charge on any atom is -0.504 e. The Morgan fingerprint density at radius 2 is 1.71 bits per heavy atom. The number of hydrogen-bond donors (Lipinski definition) is 1. The average Bonchev–Trinajstić information content (AvgIpc) is 2.80. The predicted molar refractivity (Wildman–Crippen MR) is 133 cm³/mol. The van der Waals surface area contributed by atoms with Crippen LogP contribution in [0.5, 0.6) is 0 Å². The van der Waals surface area contributed by atoms with Crippen LogP contribution < -0.4 is 0 Å². The molecule has 190 valence electrons. The molecule has 0 aromatic heterocycles. The van der Waals surface area contributed by atoms with Crippen molar-refractivity contribution in [3.05, 3.63) is 34.6 Å². The lowest BCUT2D eigenvalue weighted by Gasteiger charge is -2.70. The molecule has 0 aliphatic heterocycles. The number of aliphatic hydroxyl groups excluding tert-OH is 1. The van der Waals surface area contributed by atoms with E-state index in [1.54, 1.807) is 19.1 Å². The van der Waals surface area contributed by atoms with E-state index in [1.165, 1.54) is 7.11 Å². The lowest BCUT2D eigenvalue weighted by atomic mass is 9.33. The summed E-state index contributed by atoms with van der Waals surface area (Å²) < 4.78 is 5.24. The van der Waals surface area contributed by atoms with Gasteiger partial charge in [0.2, 0.25) is 5.78 Å². The third kappa shape index (κ3) is 2.96. The van der Waals surface area contributed by atoms with Crippen LogP contribution in [0.15, 0.2) is 34.6 Å². The van der Waals surface area contributed by atoms with Gasteiger partial charge in [0.15, 0.2) is 11.5 Å². The molecule has 0 radical (unpaired) electrons. The quantitative estimate of drug-likeness (QED) is 0.473. The smallest absolute Gasteiger partial charge is 0.311 e. The minimum atomic E-state index is -0.487. The number of carbonyl (C=O) groups excluding carboxylic acids is 3. The first kappa shape index (κ1) is 24.5. The van der Waals surface area contributed by atoms with E-state index in [9.17, 15) is 19.5 Å². The van der Waals surface area contributed by atoms with Crippen molar-refractivity contribution in [3.63, 3.8) is 0 Å². The van der Waals surface area contributed by atoms with Crippen LogP contribution in [0, 0.1) is 45.3 Å². The van der Waals surface area contributed by atoms with Crippen molar-refractivity contribution in [2.45, 2.75) is 80.1 Å². The van der Waals surface area contributed by atoms with Gasteiger partial charge in [0.1, 0.15) is 0 Å². The first-order valence-electron chi connectivity index (χ1n) is 13.2. The van der Waals surface area contributed by atoms with Gasteiger partial charge in [-0.15, -0.1) is 0 Å². The summed E-state index contributed by atoms with van der Waals surface area (Å²) in [6, 6.07) is 0. The average molecular weight is 481 g/mol. The van der Waals surface area contributed by atoms with Crippen molar-refractivity contribution in [2.24, 2.45) is 45.3 Å². The Morgan fingerprint density at radius 3 is 2.37 bits per heavy atom. The Balaban J connectivity index is 1.63. The van der Waals surface area contributed by atoms with E-state index >= 15 is 0 Å². The summed E-state index contributed by atoms with van der Waals surface area (Å²) in [5.74, 6) is 0.483. The van der Waals surface area contributed by atoms with Gasteiger partial charge in [-0.05, 0) is 104 Å². The molecule has 1 N–H and O–H groups in total. The maximum atomic E-state index is 14.0. The van der Waals surface area contributed by atoms with Crippen molar-refractivity contribution in [1.29, 1.82) is 0 Å². The maximum absolute atomic E-state index is 14.0. The molecular formula is C30H40O5. The van der Waals surface area contributed by atoms with Crippen molar-refractivity contribution >= 4 is 17.5 Å². The van der Waals surface area contributed by atoms with Crippen LogP contribution in [-0.4, -0.2) is 29.8 Å². The SMILES string of the molecule is COC(=O)[C@]1(C)CC[C@H]2[C@@H](C1)[C@]1(C)CC[C@@]3(C)C4=CC(=O)C(O)=C(C)C4=CC(=O)[C@@H]3[C@@]1(C)C[C@@H]2C. The lowest BCUT2D eigenvalue weighted by molar-refractivity contribution is -0.208. The number of rotatable bonds is 1. The third-order valence-electron chi connectivity index (χ3n) is 11.7. The number of methoxy groups -OCH3 is 1. The summed E-state index contributed by atoms with van der Waals surface area (Å²) in [7, 11) is 1.49. The highest BCUT2D eigenvalue weighted by atomic mass is 16.5. The van der Waals surface area contributed by atoms with Gasteiger partial charge in [0, 0.05) is 16.9 Å². The summed E-state index contributed by atoms with van der Waals surface area (Å²) in [6.07, 6.45) is 8.69. The van der Waals surface area contributed by atoms with Crippen LogP contribution in [-0.2, 0) is 19.1 Å². The number of esters is 1. The maximum Gasteiger partial charge on any atom is 0.311 e. The summed E-state index contributed by atoms with van der Waals surface area (Å²) in [6.45, 7) is 13.0. The molecule has 5 aliphatic carbocycles. The van der Waals surface area contributed by atoms with E-state index in [0.717, 1.165) is 49.7 Å². The second-order valence-electron chi connectivity index (χ2n) is 13.3. The van der Waals surface area contributed by atoms with Crippen molar-refractivity contribution in [2.75, 3.05) is 7.11 Å². The van der Waals surface area contributed by atoms with E-state index in [0.29, 0.717) is 23.3 Å². The fourth-order valence-electron chi connectivity index (χ4n) is 9.59. The predicted octanol–water partition coefficient (Wildman–Crippen LogP) is 5.90. The molecule has 0 aromatic rings. The van der Waals surface area contributed by atoms with E-state index in [2.05, 4.69) is 34.6 Å². The molecule has 0 bridgehead atoms. The monoisotopic (exact) mass is 480 g/mol. The van der Waals surface area contributed by atoms with Crippen LogP contribution in [0.3, 0.4) is 0 Å². The van der Waals surface area contributed by atoms with Crippen LogP contribution >= 0.6 is 0 Å². The number of ether oxygens (including phenoxy) is 1. The van der Waals surface area contributed by atoms with E-state index < -0.39 is 10.8 Å². The first-order valence-corrected chi connectivity index (χ1v) is 13.2. The zero-order valence-electron chi connectivity index (χ0n) is 22.3. The Bertz CT molecular complexity index is 1130. The highest BCUT2D eigenvalue weighted by molar-refractivity contribution is 6.09. The zero-order valence-corrected chi connectivity index (χ0v) is 22.3. The highest BCUT2D eigenvalue weighted by Crippen LogP contribution is 2.74. The molecule has 8 atom stereocenters. The molecule has 35 heavy (non-hydrogen) atoms. The van der Waals surface area contributed by atoms with Crippen LogP contribution in [0.25, 0.3) is 0 Å². The molecule has 3 saturated carbocycles. The second-order valence-corrected chi connectivity index (χ2v) is 13.3. The largest absolute Gasteiger partial charge is 0.504 e. The Morgan fingerprint density at radius 1 is 1.03 bits per heavy atom. The molecule has 3 fully saturated rings. The van der Waals surface area contributed by atoms with Gasteiger partial charge in [-0.1, -0.05) is 27.7 Å². The Hall–Kier alpha value is -2.17. The summed E-state index contributed by atoms with van der Waals surface area (Å²) in [5.41, 5.74) is 0.849. The zero-order chi connectivity index (χ0) is 25.7. The molecule has 0 heterocycles. The number of allylic oxidation sites excluding steroid dienone is 5. The number of carbonyl (C=O) groups is 3. The second kappa shape index (κ2) is 7.43. The van der Waals surface area contributed by atoms with Crippen molar-refractivity contribution < 1.29 is 24.2 Å². The van der Waals surface area contributed by atoms with Gasteiger partial charge in [0.05, 0.1) is 12.5 Å². The molecule has 5 heteroatoms. The van der Waals surface area contributed by atoms with Gasteiger partial charge in [0.25, 0.3) is 0 Å². The fourth-order valence-corrected chi connectivity index (χ4v) is 9.59. The molecule has 0 amide bonds. The molecule has 0 spiro atoms. The molecule has 0 aromatic carbocycles. The van der Waals surface area contributed by atoms with E-state index in [4.69, 9.17) is 4.74 Å². The third-order valence-corrected chi connectivity index (χ3v) is 11.7. The minimum absolute atomic E-state index is 0.0999. The molecule has 0 unspecified atom stereocenters. The summed E-state index contributed by atoms with van der Waals surface area (Å²) >= 11 is 0. The van der Waals surface area contributed by atoms with E-state index in [-0.39, 0.29) is 40.0 Å². The van der Waals surface area contributed by atoms with Gasteiger partial charge >= 0.3 is 5.97 Å². The lowest BCUT2D eigenvalue weighted by Crippen LogP contribution is -2.65. The molecular weight excluding hydrogens is 440 g/mol. The normalized spacial score (nSPS) is 47.1. The molecule has 5 aliphatic rings. The topological polar surface area (TPSA) is 80.7 Å². The first-order chi connectivity index (χ1) is 16.2. The number of hydrogen-bond acceptors (Lipinski definition) is 5. The van der Waals surface area contributed by atoms with Crippen LogP contribution in [0.1, 0.15) is 80.1 Å². The number of aliphatic hydroxyl groups is 1. The van der Waals surface area contributed by atoms with Crippen molar-refractivity contribution in [1.82, 2.24) is 0 Å². The number of ketones is 2. The van der Waals surface area contributed by atoms with Gasteiger partial charge in [-0.3, -0.25) is 14.4 Å². The fraction of sp³-hybridized carbons (Fsp3) is 0.700. The summed E-state index contributed by atoms with van der Waals surface area (Å²) in [4.78, 5) is 39.5. The molecule has 0 saturated heterocycles. The van der Waals surface area contributed by atoms with E-state index in [1.807, 2.05) is 0 Å². The highest BCUT2D eigenvalue weighted by Gasteiger charge is 2.69. The molecule has 5 nitrogen and oxygen atoms in total. The standard InChI is InChI=1S/C30H40O5/c1-16-14-30(6)25-23(32)12-19-17(2)24(33)22(31)13-20(19)28(25,4)10-11-29(30,5)21-15-27(3,26(34)35-7)9-8-18(16)21/h12-13,16,18,21,25,33H,8-11,14-15H2,1-7H3/t16-,18+,21+,25-,27+,28-,29-,30+/m0/s1. The van der Waals surface area contributed by atoms with Crippen LogP contribution in [0.4, 0.5) is 0 Å². The van der Waals surface area contributed by atoms with Crippen LogP contribution in [0.2, 0.25) is 0 Å².